The van der Waals surface area contributed by atoms with Gasteiger partial charge in [0.05, 0.1) is 27.9 Å². The number of rotatable bonds is 12. The summed E-state index contributed by atoms with van der Waals surface area (Å²) in [6.45, 7) is 6.17. The SMILES string of the molecule is CCNC(=NCc1cc(OC)c(OC)c(OC)c1)NCCCN(C)Cc1ccccc1.I. The van der Waals surface area contributed by atoms with Crippen LogP contribution in [-0.2, 0) is 13.1 Å². The van der Waals surface area contributed by atoms with Crippen molar-refractivity contribution in [2.75, 3.05) is 48.0 Å². The van der Waals surface area contributed by atoms with E-state index in [-0.39, 0.29) is 24.0 Å². The Morgan fingerprint density at radius 3 is 2.16 bits per heavy atom. The van der Waals surface area contributed by atoms with Gasteiger partial charge >= 0.3 is 0 Å². The van der Waals surface area contributed by atoms with Gasteiger partial charge in [0.15, 0.2) is 17.5 Å². The van der Waals surface area contributed by atoms with E-state index in [4.69, 9.17) is 19.2 Å². The van der Waals surface area contributed by atoms with E-state index in [0.717, 1.165) is 44.1 Å². The molecule has 8 heteroatoms. The van der Waals surface area contributed by atoms with Crippen molar-refractivity contribution in [2.45, 2.75) is 26.4 Å². The summed E-state index contributed by atoms with van der Waals surface area (Å²) in [4.78, 5) is 7.03. The molecule has 0 saturated heterocycles. The van der Waals surface area contributed by atoms with Crippen molar-refractivity contribution in [3.05, 3.63) is 53.6 Å². The number of aliphatic imine (C=N–C) groups is 1. The van der Waals surface area contributed by atoms with Gasteiger partial charge in [-0.2, -0.15) is 0 Å². The molecule has 0 spiro atoms. The van der Waals surface area contributed by atoms with Crippen LogP contribution in [0.4, 0.5) is 0 Å². The minimum atomic E-state index is 0. The lowest BCUT2D eigenvalue weighted by Crippen LogP contribution is -2.38. The first kappa shape index (κ1) is 27.8. The molecule has 0 aromatic heterocycles. The number of nitrogens with zero attached hydrogens (tertiary/aromatic N) is 2. The standard InChI is InChI=1S/C24H36N4O3.HI/c1-6-25-24(26-13-10-14-28(2)18-19-11-8-7-9-12-19)27-17-20-15-21(29-3)23(31-5)22(16-20)30-4;/h7-9,11-12,15-16H,6,10,13-14,17-18H2,1-5H3,(H2,25,26,27);1H. The van der Waals surface area contributed by atoms with Crippen LogP contribution in [0, 0.1) is 0 Å². The van der Waals surface area contributed by atoms with Gasteiger partial charge in [0.25, 0.3) is 0 Å². The zero-order chi connectivity index (χ0) is 22.5. The summed E-state index contributed by atoms with van der Waals surface area (Å²) in [5, 5.41) is 6.71. The summed E-state index contributed by atoms with van der Waals surface area (Å²) in [5.74, 6) is 2.64. The lowest BCUT2D eigenvalue weighted by molar-refractivity contribution is 0.322. The molecule has 0 radical (unpaired) electrons. The summed E-state index contributed by atoms with van der Waals surface area (Å²) < 4.78 is 16.2. The smallest absolute Gasteiger partial charge is 0.203 e. The molecule has 2 aromatic carbocycles. The molecular formula is C24H37IN4O3. The Balaban J connectivity index is 0.00000512. The quantitative estimate of drug-likeness (QED) is 0.179. The van der Waals surface area contributed by atoms with Gasteiger partial charge in [-0.15, -0.1) is 24.0 Å². The number of methoxy groups -OCH3 is 3. The van der Waals surface area contributed by atoms with Crippen molar-refractivity contribution in [2.24, 2.45) is 4.99 Å². The van der Waals surface area contributed by atoms with Gasteiger partial charge in [-0.25, -0.2) is 4.99 Å². The lowest BCUT2D eigenvalue weighted by atomic mass is 10.2. The minimum absolute atomic E-state index is 0. The molecular weight excluding hydrogens is 519 g/mol. The van der Waals surface area contributed by atoms with Crippen LogP contribution < -0.4 is 24.8 Å². The van der Waals surface area contributed by atoms with Crippen LogP contribution in [0.5, 0.6) is 17.2 Å². The fourth-order valence-corrected chi connectivity index (χ4v) is 3.27. The molecule has 0 unspecified atom stereocenters. The Bertz CT molecular complexity index is 793. The number of benzene rings is 2. The van der Waals surface area contributed by atoms with E-state index < -0.39 is 0 Å². The van der Waals surface area contributed by atoms with Crippen LogP contribution in [0.1, 0.15) is 24.5 Å². The normalized spacial score (nSPS) is 11.0. The summed E-state index contributed by atoms with van der Waals surface area (Å²) in [5.41, 5.74) is 2.31. The van der Waals surface area contributed by atoms with Gasteiger partial charge in [-0.05, 0) is 50.2 Å². The van der Waals surface area contributed by atoms with Gasteiger partial charge in [0, 0.05) is 19.6 Å². The second kappa shape index (κ2) is 15.6. The first-order valence-electron chi connectivity index (χ1n) is 10.6. The van der Waals surface area contributed by atoms with Crippen LogP contribution >= 0.6 is 24.0 Å². The second-order valence-corrected chi connectivity index (χ2v) is 7.23. The van der Waals surface area contributed by atoms with Crippen molar-refractivity contribution >= 4 is 29.9 Å². The van der Waals surface area contributed by atoms with Crippen molar-refractivity contribution in [3.63, 3.8) is 0 Å². The van der Waals surface area contributed by atoms with Crippen molar-refractivity contribution in [1.82, 2.24) is 15.5 Å². The molecule has 0 fully saturated rings. The van der Waals surface area contributed by atoms with Crippen LogP contribution in [0.25, 0.3) is 0 Å². The van der Waals surface area contributed by atoms with Gasteiger partial charge < -0.3 is 29.7 Å². The van der Waals surface area contributed by atoms with Crippen molar-refractivity contribution in [1.29, 1.82) is 0 Å². The molecule has 7 nitrogen and oxygen atoms in total. The van der Waals surface area contributed by atoms with E-state index in [2.05, 4.69) is 53.8 Å². The maximum absolute atomic E-state index is 5.43. The molecule has 178 valence electrons. The van der Waals surface area contributed by atoms with Crippen molar-refractivity contribution < 1.29 is 14.2 Å². The number of nitrogens with one attached hydrogen (secondary N) is 2. The van der Waals surface area contributed by atoms with E-state index in [1.54, 1.807) is 21.3 Å². The number of ether oxygens (including phenoxy) is 3. The topological polar surface area (TPSA) is 67.4 Å². The van der Waals surface area contributed by atoms with Gasteiger partial charge in [0.1, 0.15) is 0 Å². The highest BCUT2D eigenvalue weighted by atomic mass is 127. The molecule has 0 amide bonds. The van der Waals surface area contributed by atoms with E-state index in [9.17, 15) is 0 Å². The Labute approximate surface area is 209 Å². The van der Waals surface area contributed by atoms with Crippen molar-refractivity contribution in [3.8, 4) is 17.2 Å². The Kier molecular flexibility index (Phi) is 13.5. The van der Waals surface area contributed by atoms with Crippen LogP contribution in [0.2, 0.25) is 0 Å². The van der Waals surface area contributed by atoms with E-state index in [1.807, 2.05) is 18.2 Å². The van der Waals surface area contributed by atoms with E-state index in [0.29, 0.717) is 23.8 Å². The molecule has 0 saturated carbocycles. The predicted octanol–water partition coefficient (Wildman–Crippen LogP) is 3.91. The Morgan fingerprint density at radius 1 is 0.938 bits per heavy atom. The fraction of sp³-hybridized carbons (Fsp3) is 0.458. The van der Waals surface area contributed by atoms with E-state index >= 15 is 0 Å². The highest BCUT2D eigenvalue weighted by molar-refractivity contribution is 14.0. The average Bonchev–Trinajstić information content (AvgIpc) is 2.79. The highest BCUT2D eigenvalue weighted by Crippen LogP contribution is 2.38. The molecule has 0 heterocycles. The summed E-state index contributed by atoms with van der Waals surface area (Å²) in [6, 6.07) is 14.4. The summed E-state index contributed by atoms with van der Waals surface area (Å²) in [7, 11) is 6.98. The zero-order valence-corrected chi connectivity index (χ0v) is 22.1. The van der Waals surface area contributed by atoms with Gasteiger partial charge in [-0.3, -0.25) is 0 Å². The first-order chi connectivity index (χ1) is 15.1. The first-order valence-corrected chi connectivity index (χ1v) is 10.6. The third kappa shape index (κ3) is 9.12. The summed E-state index contributed by atoms with van der Waals surface area (Å²) >= 11 is 0. The van der Waals surface area contributed by atoms with Gasteiger partial charge in [0.2, 0.25) is 5.75 Å². The van der Waals surface area contributed by atoms with E-state index in [1.165, 1.54) is 5.56 Å². The highest BCUT2D eigenvalue weighted by Gasteiger charge is 2.13. The van der Waals surface area contributed by atoms with Gasteiger partial charge in [-0.1, -0.05) is 30.3 Å². The molecule has 0 aliphatic rings. The summed E-state index contributed by atoms with van der Waals surface area (Å²) in [6.07, 6.45) is 1.03. The Morgan fingerprint density at radius 2 is 1.59 bits per heavy atom. The predicted molar refractivity (Wildman–Crippen MR) is 142 cm³/mol. The maximum Gasteiger partial charge on any atom is 0.203 e. The largest absolute Gasteiger partial charge is 0.493 e. The third-order valence-electron chi connectivity index (χ3n) is 4.79. The average molecular weight is 556 g/mol. The number of hydrogen-bond acceptors (Lipinski definition) is 5. The monoisotopic (exact) mass is 556 g/mol. The minimum Gasteiger partial charge on any atom is -0.493 e. The molecule has 0 bridgehead atoms. The van der Waals surface area contributed by atoms with Crippen LogP contribution in [-0.4, -0.2) is 58.9 Å². The van der Waals surface area contributed by atoms with Crippen LogP contribution in [0.3, 0.4) is 0 Å². The molecule has 0 aliphatic heterocycles. The van der Waals surface area contributed by atoms with Crippen LogP contribution in [0.15, 0.2) is 47.5 Å². The molecule has 2 N–H and O–H groups in total. The number of hydrogen-bond donors (Lipinski definition) is 2. The fourth-order valence-electron chi connectivity index (χ4n) is 3.27. The third-order valence-corrected chi connectivity index (χ3v) is 4.79. The number of halogens is 1. The molecule has 0 aliphatic carbocycles. The number of guanidine groups is 1. The second-order valence-electron chi connectivity index (χ2n) is 7.23. The maximum atomic E-state index is 5.43. The lowest BCUT2D eigenvalue weighted by Gasteiger charge is -2.17. The Hall–Kier alpha value is -2.20. The molecule has 0 atom stereocenters. The molecule has 2 rings (SSSR count). The zero-order valence-electron chi connectivity index (χ0n) is 19.8. The molecule has 32 heavy (non-hydrogen) atoms. The molecule has 2 aromatic rings.